The molecule has 5 heteroatoms. The average Bonchev–Trinajstić information content (AvgIpc) is 2.30. The number of halogens is 1. The number of benzene rings is 1. The van der Waals surface area contributed by atoms with Crippen LogP contribution in [0.25, 0.3) is 0 Å². The number of ether oxygens (including phenoxy) is 2. The van der Waals surface area contributed by atoms with Gasteiger partial charge >= 0.3 is 11.9 Å². The van der Waals surface area contributed by atoms with Gasteiger partial charge in [0.1, 0.15) is 5.60 Å². The van der Waals surface area contributed by atoms with Gasteiger partial charge in [-0.1, -0.05) is 15.9 Å². The number of rotatable bonds is 3. The second-order valence-corrected chi connectivity index (χ2v) is 6.22. The van der Waals surface area contributed by atoms with Crippen LogP contribution in [0.5, 0.6) is 0 Å². The molecule has 110 valence electrons. The van der Waals surface area contributed by atoms with Crippen molar-refractivity contribution in [2.75, 3.05) is 6.61 Å². The van der Waals surface area contributed by atoms with Crippen molar-refractivity contribution in [1.29, 1.82) is 0 Å². The van der Waals surface area contributed by atoms with Crippen LogP contribution in [0, 0.1) is 6.92 Å². The molecule has 1 rings (SSSR count). The Hall–Kier alpha value is -1.36. The zero-order valence-electron chi connectivity index (χ0n) is 12.4. The van der Waals surface area contributed by atoms with E-state index < -0.39 is 17.5 Å². The first-order chi connectivity index (χ1) is 9.15. The maximum Gasteiger partial charge on any atom is 0.339 e. The summed E-state index contributed by atoms with van der Waals surface area (Å²) in [7, 11) is 0. The Morgan fingerprint density at radius 1 is 1.15 bits per heavy atom. The lowest BCUT2D eigenvalue weighted by atomic mass is 10.0. The smallest absolute Gasteiger partial charge is 0.339 e. The molecule has 0 saturated heterocycles. The number of aryl methyl sites for hydroxylation is 1. The van der Waals surface area contributed by atoms with Gasteiger partial charge in [-0.2, -0.15) is 0 Å². The number of hydrogen-bond acceptors (Lipinski definition) is 4. The summed E-state index contributed by atoms with van der Waals surface area (Å²) in [6, 6.07) is 3.22. The quantitative estimate of drug-likeness (QED) is 0.782. The van der Waals surface area contributed by atoms with Crippen molar-refractivity contribution in [1.82, 2.24) is 0 Å². The third-order valence-corrected chi connectivity index (χ3v) is 3.27. The molecule has 0 N–H and O–H groups in total. The van der Waals surface area contributed by atoms with Crippen molar-refractivity contribution >= 4 is 27.9 Å². The zero-order chi connectivity index (χ0) is 15.5. The van der Waals surface area contributed by atoms with Gasteiger partial charge in [-0.25, -0.2) is 9.59 Å². The van der Waals surface area contributed by atoms with Crippen LogP contribution in [0.1, 0.15) is 54.0 Å². The van der Waals surface area contributed by atoms with E-state index in [1.165, 1.54) is 0 Å². The Morgan fingerprint density at radius 3 is 2.20 bits per heavy atom. The standard InChI is InChI=1S/C15H19BrO4/c1-6-19-13(17)11-8-12(16)9(2)7-10(11)14(18)20-15(3,4)5/h7-8H,6H2,1-5H3. The molecule has 0 amide bonds. The number of carbonyl (C=O) groups is 2. The highest BCUT2D eigenvalue weighted by atomic mass is 79.9. The summed E-state index contributed by atoms with van der Waals surface area (Å²) in [6.07, 6.45) is 0. The van der Waals surface area contributed by atoms with Crippen molar-refractivity contribution in [3.8, 4) is 0 Å². The van der Waals surface area contributed by atoms with E-state index in [1.54, 1.807) is 39.8 Å². The first kappa shape index (κ1) is 16.7. The monoisotopic (exact) mass is 342 g/mol. The van der Waals surface area contributed by atoms with E-state index in [2.05, 4.69) is 15.9 Å². The SMILES string of the molecule is CCOC(=O)c1cc(Br)c(C)cc1C(=O)OC(C)(C)C. The van der Waals surface area contributed by atoms with Crippen LogP contribution < -0.4 is 0 Å². The van der Waals surface area contributed by atoms with Gasteiger partial charge < -0.3 is 9.47 Å². The minimum Gasteiger partial charge on any atom is -0.462 e. The van der Waals surface area contributed by atoms with Crippen LogP contribution in [0.3, 0.4) is 0 Å². The van der Waals surface area contributed by atoms with E-state index in [4.69, 9.17) is 9.47 Å². The summed E-state index contributed by atoms with van der Waals surface area (Å²) >= 11 is 3.35. The Morgan fingerprint density at radius 2 is 1.70 bits per heavy atom. The Balaban J connectivity index is 3.26. The largest absolute Gasteiger partial charge is 0.462 e. The molecule has 0 aromatic heterocycles. The summed E-state index contributed by atoms with van der Waals surface area (Å²) in [6.45, 7) is 9.14. The Bertz CT molecular complexity index is 529. The fourth-order valence-corrected chi connectivity index (χ4v) is 1.90. The molecule has 0 unspecified atom stereocenters. The van der Waals surface area contributed by atoms with Gasteiger partial charge in [0, 0.05) is 4.47 Å². The molecule has 0 atom stereocenters. The van der Waals surface area contributed by atoms with E-state index in [1.807, 2.05) is 6.92 Å². The molecule has 0 bridgehead atoms. The summed E-state index contributed by atoms with van der Waals surface area (Å²) < 4.78 is 11.0. The van der Waals surface area contributed by atoms with Crippen molar-refractivity contribution < 1.29 is 19.1 Å². The minimum absolute atomic E-state index is 0.207. The fraction of sp³-hybridized carbons (Fsp3) is 0.467. The summed E-state index contributed by atoms with van der Waals surface area (Å²) in [4.78, 5) is 24.2. The molecule has 0 aliphatic carbocycles. The highest BCUT2D eigenvalue weighted by molar-refractivity contribution is 9.10. The molecular formula is C15H19BrO4. The molecule has 0 spiro atoms. The van der Waals surface area contributed by atoms with Crippen LogP contribution in [-0.4, -0.2) is 24.1 Å². The summed E-state index contributed by atoms with van der Waals surface area (Å²) in [5, 5.41) is 0. The van der Waals surface area contributed by atoms with Gasteiger partial charge in [-0.15, -0.1) is 0 Å². The van der Waals surface area contributed by atoms with Crippen molar-refractivity contribution in [3.63, 3.8) is 0 Å². The molecule has 20 heavy (non-hydrogen) atoms. The topological polar surface area (TPSA) is 52.6 Å². The van der Waals surface area contributed by atoms with Crippen molar-refractivity contribution in [2.45, 2.75) is 40.2 Å². The van der Waals surface area contributed by atoms with Crippen molar-refractivity contribution in [3.05, 3.63) is 33.3 Å². The van der Waals surface area contributed by atoms with Gasteiger partial charge in [0.05, 0.1) is 17.7 Å². The van der Waals surface area contributed by atoms with E-state index in [9.17, 15) is 9.59 Å². The van der Waals surface area contributed by atoms with Gasteiger partial charge in [-0.05, 0) is 52.3 Å². The zero-order valence-corrected chi connectivity index (χ0v) is 14.0. The normalized spacial score (nSPS) is 11.1. The molecule has 1 aromatic carbocycles. The van der Waals surface area contributed by atoms with Crippen LogP contribution in [0.15, 0.2) is 16.6 Å². The molecule has 0 heterocycles. The average molecular weight is 343 g/mol. The lowest BCUT2D eigenvalue weighted by Gasteiger charge is -2.20. The van der Waals surface area contributed by atoms with E-state index in [0.29, 0.717) is 0 Å². The number of carbonyl (C=O) groups excluding carboxylic acids is 2. The van der Waals surface area contributed by atoms with Crippen molar-refractivity contribution in [2.24, 2.45) is 0 Å². The molecule has 0 fully saturated rings. The Kier molecular flexibility index (Phi) is 5.34. The van der Waals surface area contributed by atoms with Gasteiger partial charge in [0.15, 0.2) is 0 Å². The van der Waals surface area contributed by atoms with Crippen LogP contribution in [0.4, 0.5) is 0 Å². The summed E-state index contributed by atoms with van der Waals surface area (Å²) in [5.74, 6) is -1.06. The maximum absolute atomic E-state index is 12.2. The highest BCUT2D eigenvalue weighted by Crippen LogP contribution is 2.24. The lowest BCUT2D eigenvalue weighted by Crippen LogP contribution is -2.25. The first-order valence-corrected chi connectivity index (χ1v) is 7.15. The molecule has 4 nitrogen and oxygen atoms in total. The van der Waals surface area contributed by atoms with Gasteiger partial charge in [0.25, 0.3) is 0 Å². The molecule has 0 saturated carbocycles. The van der Waals surface area contributed by atoms with Crippen LogP contribution in [-0.2, 0) is 9.47 Å². The Labute approximate surface area is 127 Å². The van der Waals surface area contributed by atoms with Crippen LogP contribution >= 0.6 is 15.9 Å². The second kappa shape index (κ2) is 6.39. The van der Waals surface area contributed by atoms with Crippen LogP contribution in [0.2, 0.25) is 0 Å². The third kappa shape index (κ3) is 4.34. The molecular weight excluding hydrogens is 324 g/mol. The summed E-state index contributed by atoms with van der Waals surface area (Å²) in [5.41, 5.74) is 0.654. The lowest BCUT2D eigenvalue weighted by molar-refractivity contribution is 0.00642. The van der Waals surface area contributed by atoms with Gasteiger partial charge in [0.2, 0.25) is 0 Å². The van der Waals surface area contributed by atoms with E-state index >= 15 is 0 Å². The second-order valence-electron chi connectivity index (χ2n) is 5.37. The minimum atomic E-state index is -0.621. The third-order valence-electron chi connectivity index (χ3n) is 2.41. The predicted octanol–water partition coefficient (Wildman–Crippen LogP) is 3.89. The molecule has 0 radical (unpaired) electrons. The fourth-order valence-electron chi connectivity index (χ4n) is 1.56. The van der Waals surface area contributed by atoms with E-state index in [0.717, 1.165) is 10.0 Å². The molecule has 0 aliphatic heterocycles. The molecule has 1 aromatic rings. The predicted molar refractivity (Wildman–Crippen MR) is 80.0 cm³/mol. The first-order valence-electron chi connectivity index (χ1n) is 6.36. The van der Waals surface area contributed by atoms with Gasteiger partial charge in [-0.3, -0.25) is 0 Å². The number of esters is 2. The van der Waals surface area contributed by atoms with E-state index in [-0.39, 0.29) is 17.7 Å². The maximum atomic E-state index is 12.2. The molecule has 0 aliphatic rings. The number of hydrogen-bond donors (Lipinski definition) is 0. The highest BCUT2D eigenvalue weighted by Gasteiger charge is 2.24.